The number of hydrogen-bond donors (Lipinski definition) is 3. The van der Waals surface area contributed by atoms with E-state index in [2.05, 4.69) is 22.5 Å². The maximum atomic E-state index is 12.7. The molecule has 0 bridgehead atoms. The summed E-state index contributed by atoms with van der Waals surface area (Å²) in [4.78, 5) is 28.1. The van der Waals surface area contributed by atoms with Gasteiger partial charge in [0.25, 0.3) is 0 Å². The van der Waals surface area contributed by atoms with Gasteiger partial charge in [0.2, 0.25) is 5.91 Å². The molecule has 6 heteroatoms. The molecule has 0 aliphatic heterocycles. The third-order valence-corrected chi connectivity index (χ3v) is 4.19. The Morgan fingerprint density at radius 3 is 2.63 bits per heavy atom. The number of carbonyl (C=O) groups excluding carboxylic acids is 2. The van der Waals surface area contributed by atoms with Crippen LogP contribution in [0.4, 0.5) is 4.79 Å². The van der Waals surface area contributed by atoms with Gasteiger partial charge in [0.1, 0.15) is 11.6 Å². The molecule has 0 saturated heterocycles. The number of fused-ring (bicyclic) bond motifs is 1. The third kappa shape index (κ3) is 6.62. The van der Waals surface area contributed by atoms with Crippen LogP contribution < -0.4 is 10.6 Å². The normalized spacial score (nSPS) is 12.6. The van der Waals surface area contributed by atoms with Gasteiger partial charge in [-0.05, 0) is 38.8 Å². The molecule has 0 radical (unpaired) electrons. The number of unbranched alkanes of at least 4 members (excludes halogenated alkanes) is 2. The molecule has 0 aliphatic carbocycles. The molecule has 3 N–H and O–H groups in total. The first-order chi connectivity index (χ1) is 12.8. The van der Waals surface area contributed by atoms with E-state index in [9.17, 15) is 9.59 Å². The van der Waals surface area contributed by atoms with E-state index < -0.39 is 17.7 Å². The molecule has 0 unspecified atom stereocenters. The summed E-state index contributed by atoms with van der Waals surface area (Å²) in [6, 6.07) is 7.21. The fourth-order valence-electron chi connectivity index (χ4n) is 2.89. The molecule has 0 saturated carbocycles. The van der Waals surface area contributed by atoms with Crippen molar-refractivity contribution in [1.82, 2.24) is 15.6 Å². The van der Waals surface area contributed by atoms with Gasteiger partial charge >= 0.3 is 6.09 Å². The van der Waals surface area contributed by atoms with Crippen molar-refractivity contribution in [2.24, 2.45) is 0 Å². The second kappa shape index (κ2) is 9.44. The molecule has 2 aromatic rings. The molecule has 148 valence electrons. The fourth-order valence-corrected chi connectivity index (χ4v) is 2.89. The Balaban J connectivity index is 2.10. The lowest BCUT2D eigenvalue weighted by Crippen LogP contribution is -2.49. The summed E-state index contributed by atoms with van der Waals surface area (Å²) in [7, 11) is 0. The highest BCUT2D eigenvalue weighted by Crippen LogP contribution is 2.19. The van der Waals surface area contributed by atoms with Gasteiger partial charge in [-0.1, -0.05) is 38.0 Å². The second-order valence-electron chi connectivity index (χ2n) is 7.76. The number of para-hydroxylation sites is 1. The Hall–Kier alpha value is -2.50. The molecular weight excluding hydrogens is 342 g/mol. The number of amides is 2. The molecule has 1 aromatic carbocycles. The zero-order chi connectivity index (χ0) is 19.9. The van der Waals surface area contributed by atoms with E-state index in [-0.39, 0.29) is 5.91 Å². The third-order valence-electron chi connectivity index (χ3n) is 4.19. The SMILES string of the molecule is CCCCCNC(=O)[C@H](Cc1c[nH]c2ccccc12)NC(=O)OC(C)(C)C. The van der Waals surface area contributed by atoms with Crippen LogP contribution in [0, 0.1) is 0 Å². The number of nitrogens with one attached hydrogen (secondary N) is 3. The number of carbonyl (C=O) groups is 2. The van der Waals surface area contributed by atoms with Crippen LogP contribution >= 0.6 is 0 Å². The minimum absolute atomic E-state index is 0.192. The van der Waals surface area contributed by atoms with Crippen LogP contribution in [0.15, 0.2) is 30.5 Å². The van der Waals surface area contributed by atoms with Gasteiger partial charge in [-0.2, -0.15) is 0 Å². The number of aromatic nitrogens is 1. The molecule has 2 amide bonds. The van der Waals surface area contributed by atoms with Crippen molar-refractivity contribution in [3.05, 3.63) is 36.0 Å². The second-order valence-corrected chi connectivity index (χ2v) is 7.76. The van der Waals surface area contributed by atoms with Crippen molar-refractivity contribution in [3.63, 3.8) is 0 Å². The van der Waals surface area contributed by atoms with E-state index in [1.54, 1.807) is 20.8 Å². The minimum Gasteiger partial charge on any atom is -0.444 e. The number of benzene rings is 1. The molecule has 1 aromatic heterocycles. The predicted octanol–water partition coefficient (Wildman–Crippen LogP) is 3.91. The number of hydrogen-bond acceptors (Lipinski definition) is 3. The molecular formula is C21H31N3O3. The Morgan fingerprint density at radius 2 is 1.93 bits per heavy atom. The van der Waals surface area contributed by atoms with Gasteiger partial charge in [0.15, 0.2) is 0 Å². The number of ether oxygens (including phenoxy) is 1. The highest BCUT2D eigenvalue weighted by Gasteiger charge is 2.25. The largest absolute Gasteiger partial charge is 0.444 e. The summed E-state index contributed by atoms with van der Waals surface area (Å²) in [5.74, 6) is -0.192. The van der Waals surface area contributed by atoms with Crippen LogP contribution in [0.5, 0.6) is 0 Å². The van der Waals surface area contributed by atoms with Gasteiger partial charge in [0.05, 0.1) is 0 Å². The van der Waals surface area contributed by atoms with Crippen molar-refractivity contribution in [2.75, 3.05) is 6.54 Å². The first kappa shape index (κ1) is 20.8. The predicted molar refractivity (Wildman–Crippen MR) is 108 cm³/mol. The lowest BCUT2D eigenvalue weighted by Gasteiger charge is -2.23. The van der Waals surface area contributed by atoms with Crippen molar-refractivity contribution < 1.29 is 14.3 Å². The Bertz CT molecular complexity index is 761. The number of alkyl carbamates (subject to hydrolysis) is 1. The average molecular weight is 373 g/mol. The molecule has 0 spiro atoms. The summed E-state index contributed by atoms with van der Waals surface area (Å²) in [6.07, 6.45) is 4.77. The summed E-state index contributed by atoms with van der Waals surface area (Å²) in [5.41, 5.74) is 1.37. The van der Waals surface area contributed by atoms with Gasteiger partial charge in [-0.3, -0.25) is 4.79 Å². The van der Waals surface area contributed by atoms with Gasteiger partial charge < -0.3 is 20.4 Å². The first-order valence-corrected chi connectivity index (χ1v) is 9.62. The highest BCUT2D eigenvalue weighted by atomic mass is 16.6. The summed E-state index contributed by atoms with van der Waals surface area (Å²) >= 11 is 0. The lowest BCUT2D eigenvalue weighted by molar-refractivity contribution is -0.123. The molecule has 0 fully saturated rings. The number of aromatic amines is 1. The van der Waals surface area contributed by atoms with Crippen molar-refractivity contribution in [1.29, 1.82) is 0 Å². The number of rotatable bonds is 8. The smallest absolute Gasteiger partial charge is 0.408 e. The first-order valence-electron chi connectivity index (χ1n) is 9.62. The molecule has 1 heterocycles. The van der Waals surface area contributed by atoms with E-state index in [1.165, 1.54) is 0 Å². The lowest BCUT2D eigenvalue weighted by atomic mass is 10.0. The summed E-state index contributed by atoms with van der Waals surface area (Å²) < 4.78 is 5.33. The Kier molecular flexibility index (Phi) is 7.28. The van der Waals surface area contributed by atoms with Crippen molar-refractivity contribution >= 4 is 22.9 Å². The minimum atomic E-state index is -0.694. The zero-order valence-corrected chi connectivity index (χ0v) is 16.7. The van der Waals surface area contributed by atoms with Crippen LogP contribution in [0.25, 0.3) is 10.9 Å². The van der Waals surface area contributed by atoms with Crippen LogP contribution in [-0.2, 0) is 16.0 Å². The maximum absolute atomic E-state index is 12.7. The molecule has 0 aliphatic rings. The monoisotopic (exact) mass is 373 g/mol. The van der Waals surface area contributed by atoms with Gasteiger partial charge in [-0.25, -0.2) is 4.79 Å². The van der Waals surface area contributed by atoms with Gasteiger partial charge in [0, 0.05) is 30.1 Å². The Morgan fingerprint density at radius 1 is 1.19 bits per heavy atom. The molecule has 6 nitrogen and oxygen atoms in total. The average Bonchev–Trinajstić information content (AvgIpc) is 2.99. The summed E-state index contributed by atoms with van der Waals surface area (Å²) in [5, 5.41) is 6.71. The summed E-state index contributed by atoms with van der Waals surface area (Å²) in [6.45, 7) is 8.11. The van der Waals surface area contributed by atoms with Crippen LogP contribution in [0.3, 0.4) is 0 Å². The van der Waals surface area contributed by atoms with Crippen molar-refractivity contribution in [2.45, 2.75) is 65.0 Å². The standard InChI is InChI=1S/C21H31N3O3/c1-5-6-9-12-22-19(25)18(24-20(26)27-21(2,3)4)13-15-14-23-17-11-8-7-10-16(15)17/h7-8,10-11,14,18,23H,5-6,9,12-13H2,1-4H3,(H,22,25)(H,24,26)/t18-/m0/s1. The van der Waals surface area contributed by atoms with Crippen molar-refractivity contribution in [3.8, 4) is 0 Å². The topological polar surface area (TPSA) is 83.2 Å². The Labute approximate surface area is 161 Å². The van der Waals surface area contributed by atoms with E-state index in [1.807, 2.05) is 30.5 Å². The van der Waals surface area contributed by atoms with E-state index in [0.29, 0.717) is 13.0 Å². The zero-order valence-electron chi connectivity index (χ0n) is 16.7. The fraction of sp³-hybridized carbons (Fsp3) is 0.524. The van der Waals surface area contributed by atoms with Crippen LogP contribution in [-0.4, -0.2) is 35.2 Å². The number of H-pyrrole nitrogens is 1. The van der Waals surface area contributed by atoms with E-state index in [0.717, 1.165) is 35.7 Å². The molecule has 27 heavy (non-hydrogen) atoms. The quantitative estimate of drug-likeness (QED) is 0.614. The molecule has 1 atom stereocenters. The maximum Gasteiger partial charge on any atom is 0.408 e. The molecule has 2 rings (SSSR count). The van der Waals surface area contributed by atoms with E-state index in [4.69, 9.17) is 4.74 Å². The van der Waals surface area contributed by atoms with E-state index >= 15 is 0 Å². The van der Waals surface area contributed by atoms with Crippen LogP contribution in [0.2, 0.25) is 0 Å². The van der Waals surface area contributed by atoms with Gasteiger partial charge in [-0.15, -0.1) is 0 Å². The van der Waals surface area contributed by atoms with Crippen LogP contribution in [0.1, 0.15) is 52.5 Å². The highest BCUT2D eigenvalue weighted by molar-refractivity contribution is 5.88.